The van der Waals surface area contributed by atoms with Crippen molar-refractivity contribution in [2.45, 2.75) is 30.3 Å². The predicted molar refractivity (Wildman–Crippen MR) is 96.5 cm³/mol. The molecule has 0 spiro atoms. The standard InChI is InChI=1S/C17H20N2O4S2/c1-19(10-12-7-8-24-11-12)17(20)13-3-6-15(23-2)16(9-13)25(21,22)18-14-4-5-14/h3,6-9,11,14,18H,4-5,10H2,1-2H3. The van der Waals surface area contributed by atoms with Crippen LogP contribution in [0.25, 0.3) is 0 Å². The topological polar surface area (TPSA) is 75.7 Å². The van der Waals surface area contributed by atoms with Gasteiger partial charge in [0.25, 0.3) is 5.91 Å². The number of methoxy groups -OCH3 is 1. The second kappa shape index (κ2) is 7.15. The van der Waals surface area contributed by atoms with Gasteiger partial charge in [0.15, 0.2) is 0 Å². The molecule has 6 nitrogen and oxygen atoms in total. The molecule has 0 radical (unpaired) electrons. The monoisotopic (exact) mass is 380 g/mol. The van der Waals surface area contributed by atoms with Crippen molar-refractivity contribution >= 4 is 27.3 Å². The van der Waals surface area contributed by atoms with Gasteiger partial charge in [0, 0.05) is 25.2 Å². The van der Waals surface area contributed by atoms with Crippen molar-refractivity contribution in [3.8, 4) is 5.75 Å². The molecule has 2 aromatic rings. The van der Waals surface area contributed by atoms with Crippen molar-refractivity contribution in [3.63, 3.8) is 0 Å². The number of carbonyl (C=O) groups excluding carboxylic acids is 1. The van der Waals surface area contributed by atoms with Gasteiger partial charge in [-0.25, -0.2) is 13.1 Å². The fourth-order valence-electron chi connectivity index (χ4n) is 2.45. The zero-order chi connectivity index (χ0) is 18.0. The molecule has 0 bridgehead atoms. The van der Waals surface area contributed by atoms with Crippen LogP contribution in [-0.4, -0.2) is 39.4 Å². The van der Waals surface area contributed by atoms with Crippen LogP contribution in [0.5, 0.6) is 5.75 Å². The predicted octanol–water partition coefficient (Wildman–Crippen LogP) is 2.47. The largest absolute Gasteiger partial charge is 0.495 e. The molecule has 1 aromatic carbocycles. The number of hydrogen-bond acceptors (Lipinski definition) is 5. The minimum Gasteiger partial charge on any atom is -0.495 e. The fourth-order valence-corrected chi connectivity index (χ4v) is 4.61. The van der Waals surface area contributed by atoms with Crippen LogP contribution in [0.4, 0.5) is 0 Å². The fraction of sp³-hybridized carbons (Fsp3) is 0.353. The molecular formula is C17H20N2O4S2. The average Bonchev–Trinajstić information content (AvgIpc) is 3.24. The molecule has 1 fully saturated rings. The maximum atomic E-state index is 12.7. The van der Waals surface area contributed by atoms with Gasteiger partial charge in [-0.3, -0.25) is 4.79 Å². The molecule has 0 atom stereocenters. The van der Waals surface area contributed by atoms with Gasteiger partial charge in [-0.1, -0.05) is 0 Å². The van der Waals surface area contributed by atoms with Crippen molar-refractivity contribution < 1.29 is 17.9 Å². The van der Waals surface area contributed by atoms with Gasteiger partial charge < -0.3 is 9.64 Å². The Labute approximate surface area is 151 Å². The van der Waals surface area contributed by atoms with Crippen LogP contribution in [0.1, 0.15) is 28.8 Å². The highest BCUT2D eigenvalue weighted by Gasteiger charge is 2.30. The second-order valence-electron chi connectivity index (χ2n) is 6.05. The average molecular weight is 380 g/mol. The zero-order valence-corrected chi connectivity index (χ0v) is 15.7. The quantitative estimate of drug-likeness (QED) is 0.801. The third kappa shape index (κ3) is 4.20. The number of thiophene rings is 1. The molecular weight excluding hydrogens is 360 g/mol. The van der Waals surface area contributed by atoms with E-state index >= 15 is 0 Å². The molecule has 0 aliphatic heterocycles. The summed E-state index contributed by atoms with van der Waals surface area (Å²) in [5.41, 5.74) is 1.35. The van der Waals surface area contributed by atoms with Crippen LogP contribution in [0.15, 0.2) is 39.9 Å². The lowest BCUT2D eigenvalue weighted by molar-refractivity contribution is 0.0785. The van der Waals surface area contributed by atoms with Crippen molar-refractivity contribution in [1.82, 2.24) is 9.62 Å². The Morgan fingerprint density at radius 2 is 2.12 bits per heavy atom. The van der Waals surface area contributed by atoms with E-state index in [0.717, 1.165) is 18.4 Å². The van der Waals surface area contributed by atoms with E-state index in [4.69, 9.17) is 4.74 Å². The summed E-state index contributed by atoms with van der Waals surface area (Å²) in [6, 6.07) is 6.43. The Morgan fingerprint density at radius 3 is 2.72 bits per heavy atom. The number of rotatable bonds is 7. The summed E-state index contributed by atoms with van der Waals surface area (Å²) in [6.45, 7) is 0.469. The number of nitrogens with one attached hydrogen (secondary N) is 1. The van der Waals surface area contributed by atoms with Gasteiger partial charge in [-0.2, -0.15) is 11.3 Å². The minimum absolute atomic E-state index is 0.00307. The molecule has 1 aliphatic carbocycles. The molecule has 8 heteroatoms. The number of ether oxygens (including phenoxy) is 1. The number of hydrogen-bond donors (Lipinski definition) is 1. The van der Waals surface area contributed by atoms with E-state index in [-0.39, 0.29) is 22.6 Å². The first-order valence-corrected chi connectivity index (χ1v) is 10.3. The smallest absolute Gasteiger partial charge is 0.253 e. The Balaban J connectivity index is 1.86. The van der Waals surface area contributed by atoms with Crippen LogP contribution in [0.2, 0.25) is 0 Å². The molecule has 134 valence electrons. The molecule has 1 amide bonds. The summed E-state index contributed by atoms with van der Waals surface area (Å²) in [5.74, 6) is -0.0121. The van der Waals surface area contributed by atoms with Gasteiger partial charge in [-0.15, -0.1) is 0 Å². The molecule has 1 heterocycles. The highest BCUT2D eigenvalue weighted by atomic mass is 32.2. The molecule has 0 saturated heterocycles. The Kier molecular flexibility index (Phi) is 5.12. The van der Waals surface area contributed by atoms with Crippen LogP contribution in [-0.2, 0) is 16.6 Å². The van der Waals surface area contributed by atoms with E-state index in [1.165, 1.54) is 19.2 Å². The maximum Gasteiger partial charge on any atom is 0.253 e. The van der Waals surface area contributed by atoms with Crippen molar-refractivity contribution in [2.75, 3.05) is 14.2 Å². The van der Waals surface area contributed by atoms with Crippen LogP contribution in [0.3, 0.4) is 0 Å². The van der Waals surface area contributed by atoms with Crippen LogP contribution < -0.4 is 9.46 Å². The molecule has 1 aromatic heterocycles. The third-order valence-electron chi connectivity index (χ3n) is 3.95. The van der Waals surface area contributed by atoms with Gasteiger partial charge >= 0.3 is 0 Å². The molecule has 1 N–H and O–H groups in total. The first-order valence-electron chi connectivity index (χ1n) is 7.87. The van der Waals surface area contributed by atoms with E-state index in [9.17, 15) is 13.2 Å². The summed E-state index contributed by atoms with van der Waals surface area (Å²) >= 11 is 1.57. The summed E-state index contributed by atoms with van der Waals surface area (Å²) in [5, 5.41) is 3.93. The Morgan fingerprint density at radius 1 is 1.36 bits per heavy atom. The zero-order valence-electron chi connectivity index (χ0n) is 14.1. The first-order chi connectivity index (χ1) is 11.9. The lowest BCUT2D eigenvalue weighted by Crippen LogP contribution is -2.28. The van der Waals surface area contributed by atoms with E-state index in [2.05, 4.69) is 4.72 Å². The number of nitrogens with zero attached hydrogens (tertiary/aromatic N) is 1. The van der Waals surface area contributed by atoms with E-state index in [1.807, 2.05) is 16.8 Å². The van der Waals surface area contributed by atoms with Crippen molar-refractivity contribution in [1.29, 1.82) is 0 Å². The molecule has 0 unspecified atom stereocenters. The summed E-state index contributed by atoms with van der Waals surface area (Å²) < 4.78 is 32.9. The lowest BCUT2D eigenvalue weighted by Gasteiger charge is -2.18. The summed E-state index contributed by atoms with van der Waals surface area (Å²) in [4.78, 5) is 14.2. The number of carbonyl (C=O) groups is 1. The van der Waals surface area contributed by atoms with Gasteiger partial charge in [-0.05, 0) is 53.4 Å². The normalized spacial score (nSPS) is 14.3. The van der Waals surface area contributed by atoms with E-state index < -0.39 is 10.0 Å². The van der Waals surface area contributed by atoms with Crippen LogP contribution in [0, 0.1) is 0 Å². The summed E-state index contributed by atoms with van der Waals surface area (Å²) in [6.07, 6.45) is 1.67. The third-order valence-corrected chi connectivity index (χ3v) is 6.22. The van der Waals surface area contributed by atoms with E-state index in [1.54, 1.807) is 29.4 Å². The number of benzene rings is 1. The Hall–Kier alpha value is -1.90. The molecule has 3 rings (SSSR count). The highest BCUT2D eigenvalue weighted by Crippen LogP contribution is 2.28. The van der Waals surface area contributed by atoms with Crippen molar-refractivity contribution in [2.24, 2.45) is 0 Å². The van der Waals surface area contributed by atoms with Gasteiger partial charge in [0.1, 0.15) is 10.6 Å². The van der Waals surface area contributed by atoms with Crippen molar-refractivity contribution in [3.05, 3.63) is 46.2 Å². The lowest BCUT2D eigenvalue weighted by atomic mass is 10.2. The van der Waals surface area contributed by atoms with Gasteiger partial charge in [0.05, 0.1) is 7.11 Å². The second-order valence-corrected chi connectivity index (χ2v) is 8.52. The number of sulfonamides is 1. The van der Waals surface area contributed by atoms with E-state index in [0.29, 0.717) is 12.1 Å². The molecule has 25 heavy (non-hydrogen) atoms. The van der Waals surface area contributed by atoms with Gasteiger partial charge in [0.2, 0.25) is 10.0 Å². The first kappa shape index (κ1) is 17.9. The number of amides is 1. The molecule has 1 saturated carbocycles. The molecule has 1 aliphatic rings. The Bertz CT molecular complexity index is 859. The maximum absolute atomic E-state index is 12.7. The highest BCUT2D eigenvalue weighted by molar-refractivity contribution is 7.89. The summed E-state index contributed by atoms with van der Waals surface area (Å²) in [7, 11) is -0.608. The van der Waals surface area contributed by atoms with Crippen LogP contribution >= 0.6 is 11.3 Å². The minimum atomic E-state index is -3.72. The SMILES string of the molecule is COc1ccc(C(=O)N(C)Cc2ccsc2)cc1S(=O)(=O)NC1CC1.